The van der Waals surface area contributed by atoms with E-state index in [0.29, 0.717) is 19.5 Å². The third-order valence-corrected chi connectivity index (χ3v) is 7.95. The number of aryl methyl sites for hydroxylation is 1. The minimum Gasteiger partial charge on any atom is -0.353 e. The summed E-state index contributed by atoms with van der Waals surface area (Å²) in [6, 6.07) is 4.61. The summed E-state index contributed by atoms with van der Waals surface area (Å²) >= 11 is 0. The van der Waals surface area contributed by atoms with Crippen LogP contribution in [0.25, 0.3) is 27.9 Å². The van der Waals surface area contributed by atoms with Crippen molar-refractivity contribution in [1.29, 1.82) is 0 Å². The molecule has 202 valence electrons. The first-order valence-corrected chi connectivity index (χ1v) is 13.6. The number of fused-ring (bicyclic) bond motifs is 2. The lowest BCUT2D eigenvalue weighted by Gasteiger charge is -2.45. The first-order valence-electron chi connectivity index (χ1n) is 13.6. The molecule has 2 atom stereocenters. The van der Waals surface area contributed by atoms with Crippen molar-refractivity contribution in [3.8, 4) is 11.3 Å². The van der Waals surface area contributed by atoms with Crippen molar-refractivity contribution in [2.45, 2.75) is 66.0 Å². The molecule has 5 heterocycles. The Kier molecular flexibility index (Phi) is 6.90. The van der Waals surface area contributed by atoms with Gasteiger partial charge in [-0.1, -0.05) is 13.8 Å². The Hall–Kier alpha value is -3.46. The number of carbonyl (C=O) groups excluding carboxylic acids is 1. The van der Waals surface area contributed by atoms with Gasteiger partial charge in [0.15, 0.2) is 5.65 Å². The lowest BCUT2D eigenvalue weighted by atomic mass is 9.95. The molecule has 0 unspecified atom stereocenters. The number of carbonyl (C=O) groups is 1. The Labute approximate surface area is 224 Å². The molecule has 0 bridgehead atoms. The summed E-state index contributed by atoms with van der Waals surface area (Å²) in [6.45, 7) is 15.3. The Morgan fingerprint density at radius 2 is 1.84 bits per heavy atom. The van der Waals surface area contributed by atoms with Gasteiger partial charge in [-0.15, -0.1) is 0 Å². The van der Waals surface area contributed by atoms with Gasteiger partial charge >= 0.3 is 0 Å². The smallest absolute Gasteiger partial charge is 0.223 e. The highest BCUT2D eigenvalue weighted by atomic mass is 16.2. The summed E-state index contributed by atoms with van der Waals surface area (Å²) in [5.41, 5.74) is 8.66. The molecule has 0 saturated carbocycles. The summed E-state index contributed by atoms with van der Waals surface area (Å²) in [4.78, 5) is 32.7. The fourth-order valence-electron chi connectivity index (χ4n) is 5.90. The summed E-state index contributed by atoms with van der Waals surface area (Å²) in [5, 5.41) is 4.40. The van der Waals surface area contributed by atoms with Crippen molar-refractivity contribution < 1.29 is 4.79 Å². The van der Waals surface area contributed by atoms with Crippen molar-refractivity contribution in [3.05, 3.63) is 41.3 Å². The van der Waals surface area contributed by atoms with E-state index in [-0.39, 0.29) is 23.9 Å². The number of amides is 1. The van der Waals surface area contributed by atoms with Gasteiger partial charge in [0, 0.05) is 55.5 Å². The number of nitrogens with zero attached hydrogens (tertiary/aromatic N) is 7. The lowest BCUT2D eigenvalue weighted by molar-refractivity contribution is -0.132. The topological polar surface area (TPSA) is 85.7 Å². The summed E-state index contributed by atoms with van der Waals surface area (Å²) in [7, 11) is 4.01. The maximum atomic E-state index is 12.8. The third kappa shape index (κ3) is 4.53. The van der Waals surface area contributed by atoms with E-state index >= 15 is 0 Å². The van der Waals surface area contributed by atoms with Gasteiger partial charge in [0.05, 0.1) is 16.7 Å². The van der Waals surface area contributed by atoms with Crippen LogP contribution < -0.4 is 4.90 Å². The first-order chi connectivity index (χ1) is 18.1. The number of nitrogens with one attached hydrogen (secondary N) is 1. The predicted octanol–water partition coefficient (Wildman–Crippen LogP) is 4.39. The number of piperazine rings is 1. The molecule has 0 spiro atoms. The number of rotatable bonds is 6. The number of anilines is 1. The van der Waals surface area contributed by atoms with Crippen LogP contribution in [-0.2, 0) is 4.79 Å². The minimum atomic E-state index is 0.174. The zero-order valence-electron chi connectivity index (χ0n) is 23.9. The molecule has 1 aliphatic heterocycles. The van der Waals surface area contributed by atoms with E-state index in [0.717, 1.165) is 45.9 Å². The van der Waals surface area contributed by atoms with Crippen molar-refractivity contribution in [1.82, 2.24) is 34.4 Å². The summed E-state index contributed by atoms with van der Waals surface area (Å²) < 4.78 is 1.86. The van der Waals surface area contributed by atoms with Crippen molar-refractivity contribution in [3.63, 3.8) is 0 Å². The van der Waals surface area contributed by atoms with Crippen LogP contribution in [0.2, 0.25) is 0 Å². The Morgan fingerprint density at radius 3 is 2.50 bits per heavy atom. The van der Waals surface area contributed by atoms with Crippen LogP contribution in [0.15, 0.2) is 24.7 Å². The molecular weight excluding hydrogens is 476 g/mol. The van der Waals surface area contributed by atoms with E-state index in [1.165, 1.54) is 11.1 Å². The van der Waals surface area contributed by atoms with E-state index in [4.69, 9.17) is 4.98 Å². The predicted molar refractivity (Wildman–Crippen MR) is 153 cm³/mol. The van der Waals surface area contributed by atoms with Crippen LogP contribution in [0, 0.1) is 13.8 Å². The second kappa shape index (κ2) is 10.0. The molecule has 1 saturated heterocycles. The van der Waals surface area contributed by atoms with Gasteiger partial charge in [0.1, 0.15) is 12.1 Å². The lowest BCUT2D eigenvalue weighted by Crippen LogP contribution is -2.58. The van der Waals surface area contributed by atoms with Crippen LogP contribution >= 0.6 is 0 Å². The summed E-state index contributed by atoms with van der Waals surface area (Å²) in [5.74, 6) is 1.46. The standard InChI is InChI=1S/C29H40N8O/c1-17(2)26-27(22-15-36-29(30-16-31-36)21(6)20(22)5)32-23-9-10-24(33-28(23)26)37-18(3)13-35(14-19(37)4)25(38)11-12-34(7)8/h9-10,15-19,32H,11-14H2,1-8H3/t18-,19-/m1/s1. The highest BCUT2D eigenvalue weighted by Crippen LogP contribution is 2.38. The van der Waals surface area contributed by atoms with Gasteiger partial charge in [-0.3, -0.25) is 4.79 Å². The number of hydrogen-bond acceptors (Lipinski definition) is 6. The highest BCUT2D eigenvalue weighted by Gasteiger charge is 2.33. The average Bonchev–Trinajstić information content (AvgIpc) is 3.48. The van der Waals surface area contributed by atoms with Crippen molar-refractivity contribution >= 4 is 28.4 Å². The molecular formula is C29H40N8O. The molecule has 38 heavy (non-hydrogen) atoms. The fourth-order valence-corrected chi connectivity index (χ4v) is 5.90. The van der Waals surface area contributed by atoms with Gasteiger partial charge in [-0.25, -0.2) is 14.5 Å². The molecule has 5 rings (SSSR count). The Bertz CT molecular complexity index is 1470. The van der Waals surface area contributed by atoms with Crippen LogP contribution in [0.1, 0.15) is 56.7 Å². The van der Waals surface area contributed by atoms with Crippen LogP contribution in [-0.4, -0.2) is 86.1 Å². The Morgan fingerprint density at radius 1 is 1.13 bits per heavy atom. The van der Waals surface area contributed by atoms with E-state index in [1.807, 2.05) is 23.5 Å². The third-order valence-electron chi connectivity index (χ3n) is 7.95. The monoisotopic (exact) mass is 516 g/mol. The van der Waals surface area contributed by atoms with Crippen LogP contribution in [0.4, 0.5) is 5.82 Å². The zero-order valence-corrected chi connectivity index (χ0v) is 23.9. The second-order valence-corrected chi connectivity index (χ2v) is 11.4. The normalized spacial score (nSPS) is 18.5. The molecule has 4 aromatic rings. The first kappa shape index (κ1) is 26.2. The number of hydrogen-bond donors (Lipinski definition) is 1. The molecule has 1 N–H and O–H groups in total. The number of aromatic amines is 1. The van der Waals surface area contributed by atoms with Crippen LogP contribution in [0.3, 0.4) is 0 Å². The van der Waals surface area contributed by atoms with Gasteiger partial charge in [0.25, 0.3) is 0 Å². The van der Waals surface area contributed by atoms with E-state index in [1.54, 1.807) is 6.33 Å². The van der Waals surface area contributed by atoms with Crippen molar-refractivity contribution in [2.24, 2.45) is 0 Å². The molecule has 1 amide bonds. The van der Waals surface area contributed by atoms with E-state index in [2.05, 4.69) is 84.7 Å². The molecule has 9 heteroatoms. The molecule has 0 aromatic carbocycles. The zero-order chi connectivity index (χ0) is 27.3. The maximum Gasteiger partial charge on any atom is 0.223 e. The molecule has 0 aliphatic carbocycles. The summed E-state index contributed by atoms with van der Waals surface area (Å²) in [6.07, 6.45) is 4.23. The minimum absolute atomic E-state index is 0.174. The quantitative estimate of drug-likeness (QED) is 0.409. The fraction of sp³-hybridized carbons (Fsp3) is 0.517. The SMILES string of the molecule is Cc1c(-c2[nH]c3ccc(N4[C@H](C)CN(C(=O)CCN(C)C)C[C@H]4C)nc3c2C(C)C)cn2ncnc2c1C. The van der Waals surface area contributed by atoms with Gasteiger partial charge < -0.3 is 19.7 Å². The van der Waals surface area contributed by atoms with E-state index < -0.39 is 0 Å². The van der Waals surface area contributed by atoms with Gasteiger partial charge in [-0.05, 0) is 71.0 Å². The largest absolute Gasteiger partial charge is 0.353 e. The van der Waals surface area contributed by atoms with E-state index in [9.17, 15) is 4.79 Å². The maximum absolute atomic E-state index is 12.8. The Balaban J connectivity index is 1.51. The second-order valence-electron chi connectivity index (χ2n) is 11.4. The number of aromatic nitrogens is 5. The molecule has 1 aliphatic rings. The highest BCUT2D eigenvalue weighted by molar-refractivity contribution is 5.90. The average molecular weight is 517 g/mol. The molecule has 0 radical (unpaired) electrons. The molecule has 4 aromatic heterocycles. The van der Waals surface area contributed by atoms with Crippen molar-refractivity contribution in [2.75, 3.05) is 38.6 Å². The van der Waals surface area contributed by atoms with Crippen LogP contribution in [0.5, 0.6) is 0 Å². The van der Waals surface area contributed by atoms with Gasteiger partial charge in [0.2, 0.25) is 5.91 Å². The molecule has 1 fully saturated rings. The number of H-pyrrole nitrogens is 1. The number of pyridine rings is 2. The molecule has 9 nitrogen and oxygen atoms in total. The van der Waals surface area contributed by atoms with Gasteiger partial charge in [-0.2, -0.15) is 5.10 Å².